The molecule has 0 aliphatic rings. The van der Waals surface area contributed by atoms with Gasteiger partial charge < -0.3 is 9.84 Å². The molecule has 4 nitrogen and oxygen atoms in total. The van der Waals surface area contributed by atoms with E-state index in [1.54, 1.807) is 0 Å². The van der Waals surface area contributed by atoms with Crippen LogP contribution in [-0.4, -0.2) is 18.2 Å². The van der Waals surface area contributed by atoms with Gasteiger partial charge in [-0.2, -0.15) is 5.26 Å². The fraction of sp³-hybridized carbons (Fsp3) is 0.200. The number of esters is 1. The minimum absolute atomic E-state index is 0.0231. The van der Waals surface area contributed by atoms with Crippen LogP contribution in [0.1, 0.15) is 21.5 Å². The fourth-order valence-electron chi connectivity index (χ4n) is 1.21. The van der Waals surface area contributed by atoms with Gasteiger partial charge in [0.1, 0.15) is 6.07 Å². The van der Waals surface area contributed by atoms with Crippen molar-refractivity contribution in [2.24, 2.45) is 0 Å². The van der Waals surface area contributed by atoms with Crippen LogP contribution in [0.3, 0.4) is 0 Å². The quantitative estimate of drug-likeness (QED) is 0.775. The molecule has 0 unspecified atom stereocenters. The van der Waals surface area contributed by atoms with E-state index < -0.39 is 12.6 Å². The Hall–Kier alpha value is -1.57. The Kier molecular flexibility index (Phi) is 3.67. The molecule has 0 aromatic heterocycles. The van der Waals surface area contributed by atoms with Crippen LogP contribution in [-0.2, 0) is 11.3 Å². The molecule has 0 fully saturated rings. The van der Waals surface area contributed by atoms with Crippen LogP contribution in [0, 0.1) is 11.3 Å². The zero-order valence-electron chi connectivity index (χ0n) is 7.95. The van der Waals surface area contributed by atoms with Gasteiger partial charge in [-0.25, -0.2) is 4.79 Å². The van der Waals surface area contributed by atoms with Crippen molar-refractivity contribution in [2.45, 2.75) is 6.61 Å². The first-order chi connectivity index (χ1) is 7.15. The smallest absolute Gasteiger partial charge is 0.339 e. The average Bonchev–Trinajstić information content (AvgIpc) is 2.27. The van der Waals surface area contributed by atoms with Gasteiger partial charge in [0.05, 0.1) is 24.8 Å². The molecule has 15 heavy (non-hydrogen) atoms. The lowest BCUT2D eigenvalue weighted by molar-refractivity contribution is 0.0597. The van der Waals surface area contributed by atoms with E-state index in [1.807, 2.05) is 6.07 Å². The largest absolute Gasteiger partial charge is 0.465 e. The van der Waals surface area contributed by atoms with E-state index >= 15 is 0 Å². The maximum Gasteiger partial charge on any atom is 0.339 e. The second-order valence-electron chi connectivity index (χ2n) is 2.71. The number of nitriles is 1. The molecule has 1 rings (SSSR count). The van der Waals surface area contributed by atoms with Crippen LogP contribution in [0.5, 0.6) is 0 Å². The molecule has 1 aromatic rings. The minimum atomic E-state index is -0.682. The summed E-state index contributed by atoms with van der Waals surface area (Å²) in [7, 11) is 1.20. The van der Waals surface area contributed by atoms with Gasteiger partial charge in [-0.3, -0.25) is 0 Å². The van der Waals surface area contributed by atoms with E-state index in [9.17, 15) is 4.79 Å². The highest BCUT2D eigenvalue weighted by Crippen LogP contribution is 2.24. The fourth-order valence-corrected chi connectivity index (χ4v) is 1.42. The third-order valence-corrected chi connectivity index (χ3v) is 2.28. The van der Waals surface area contributed by atoms with Crippen molar-refractivity contribution in [1.29, 1.82) is 5.26 Å². The number of aliphatic hydroxyl groups is 1. The molecule has 0 radical (unpaired) electrons. The van der Waals surface area contributed by atoms with Crippen molar-refractivity contribution in [2.75, 3.05) is 7.11 Å². The summed E-state index contributed by atoms with van der Waals surface area (Å²) in [5, 5.41) is 18.1. The first-order valence-electron chi connectivity index (χ1n) is 4.06. The number of hydrogen-bond donors (Lipinski definition) is 1. The summed E-state index contributed by atoms with van der Waals surface area (Å²) in [6.45, 7) is -0.418. The zero-order valence-corrected chi connectivity index (χ0v) is 8.71. The van der Waals surface area contributed by atoms with Crippen LogP contribution in [0.25, 0.3) is 0 Å². The zero-order chi connectivity index (χ0) is 11.4. The maximum absolute atomic E-state index is 11.4. The molecular formula is C10H8ClNO3. The van der Waals surface area contributed by atoms with Crippen molar-refractivity contribution in [3.8, 4) is 6.07 Å². The summed E-state index contributed by atoms with van der Waals surface area (Å²) in [6, 6.07) is 4.71. The van der Waals surface area contributed by atoms with Gasteiger partial charge in [0.15, 0.2) is 0 Å². The van der Waals surface area contributed by atoms with Gasteiger partial charge in [-0.1, -0.05) is 11.6 Å². The molecule has 0 bridgehead atoms. The Morgan fingerprint density at radius 1 is 1.67 bits per heavy atom. The summed E-state index contributed by atoms with van der Waals surface area (Å²) in [5.74, 6) is -0.682. The molecule has 0 heterocycles. The highest BCUT2D eigenvalue weighted by atomic mass is 35.5. The molecule has 0 aliphatic heterocycles. The summed E-state index contributed by atoms with van der Waals surface area (Å²) in [6.07, 6.45) is 0. The van der Waals surface area contributed by atoms with E-state index in [2.05, 4.69) is 4.74 Å². The molecule has 78 valence electrons. The Morgan fingerprint density at radius 3 is 2.80 bits per heavy atom. The molecule has 1 N–H and O–H groups in total. The Bertz CT molecular complexity index is 437. The van der Waals surface area contributed by atoms with E-state index in [-0.39, 0.29) is 21.7 Å². The lowest BCUT2D eigenvalue weighted by atomic mass is 10.0. The molecule has 0 amide bonds. The topological polar surface area (TPSA) is 70.3 Å². The third-order valence-electron chi connectivity index (χ3n) is 1.92. The normalized spacial score (nSPS) is 9.47. The van der Waals surface area contributed by atoms with E-state index in [0.29, 0.717) is 0 Å². The molecule has 0 atom stereocenters. The number of nitrogens with zero attached hydrogens (tertiary/aromatic N) is 1. The van der Waals surface area contributed by atoms with Crippen LogP contribution in [0.4, 0.5) is 0 Å². The predicted octanol–water partition coefficient (Wildman–Crippen LogP) is 1.49. The summed E-state index contributed by atoms with van der Waals surface area (Å²) >= 11 is 5.78. The monoisotopic (exact) mass is 225 g/mol. The van der Waals surface area contributed by atoms with Crippen LogP contribution in [0.15, 0.2) is 12.1 Å². The van der Waals surface area contributed by atoms with Crippen molar-refractivity contribution in [1.82, 2.24) is 0 Å². The number of benzene rings is 1. The third kappa shape index (κ3) is 2.09. The molecule has 0 spiro atoms. The number of aliphatic hydroxyl groups excluding tert-OH is 1. The highest BCUT2D eigenvalue weighted by Gasteiger charge is 2.18. The highest BCUT2D eigenvalue weighted by molar-refractivity contribution is 6.32. The van der Waals surface area contributed by atoms with Crippen LogP contribution < -0.4 is 0 Å². The van der Waals surface area contributed by atoms with E-state index in [1.165, 1.54) is 19.2 Å². The van der Waals surface area contributed by atoms with E-state index in [0.717, 1.165) is 0 Å². The Morgan fingerprint density at radius 2 is 2.33 bits per heavy atom. The van der Waals surface area contributed by atoms with Crippen LogP contribution >= 0.6 is 11.6 Å². The molecular weight excluding hydrogens is 218 g/mol. The molecule has 5 heteroatoms. The Labute approximate surface area is 91.7 Å². The van der Waals surface area contributed by atoms with Gasteiger partial charge in [0.2, 0.25) is 0 Å². The minimum Gasteiger partial charge on any atom is -0.465 e. The van der Waals surface area contributed by atoms with Gasteiger partial charge in [0, 0.05) is 10.6 Å². The van der Waals surface area contributed by atoms with Crippen molar-refractivity contribution < 1.29 is 14.6 Å². The summed E-state index contributed by atoms with van der Waals surface area (Å²) in [4.78, 5) is 11.4. The molecule has 1 aromatic carbocycles. The first-order valence-corrected chi connectivity index (χ1v) is 4.44. The number of carbonyl (C=O) groups is 1. The second kappa shape index (κ2) is 4.78. The number of carbonyl (C=O) groups excluding carboxylic acids is 1. The number of ether oxygens (including phenoxy) is 1. The number of rotatable bonds is 2. The summed E-state index contributed by atoms with van der Waals surface area (Å²) < 4.78 is 4.52. The van der Waals surface area contributed by atoms with Crippen molar-refractivity contribution in [3.05, 3.63) is 33.8 Å². The number of methoxy groups -OCH3 is 1. The van der Waals surface area contributed by atoms with E-state index in [4.69, 9.17) is 22.0 Å². The van der Waals surface area contributed by atoms with Crippen LogP contribution in [0.2, 0.25) is 5.02 Å². The molecule has 0 saturated heterocycles. The van der Waals surface area contributed by atoms with Gasteiger partial charge in [-0.15, -0.1) is 0 Å². The number of halogens is 1. The molecule has 0 aliphatic carbocycles. The molecule has 0 saturated carbocycles. The van der Waals surface area contributed by atoms with Gasteiger partial charge in [0.25, 0.3) is 0 Å². The van der Waals surface area contributed by atoms with Crippen molar-refractivity contribution in [3.63, 3.8) is 0 Å². The lowest BCUT2D eigenvalue weighted by Crippen LogP contribution is -2.09. The SMILES string of the molecule is COC(=O)c1c(C#N)ccc(Cl)c1CO. The number of hydrogen-bond acceptors (Lipinski definition) is 4. The standard InChI is InChI=1S/C10H8ClNO3/c1-15-10(14)9-6(4-12)2-3-8(11)7(9)5-13/h2-3,13H,5H2,1H3. The lowest BCUT2D eigenvalue weighted by Gasteiger charge is -2.08. The van der Waals surface area contributed by atoms with Gasteiger partial charge in [-0.05, 0) is 12.1 Å². The maximum atomic E-state index is 11.4. The van der Waals surface area contributed by atoms with Gasteiger partial charge >= 0.3 is 5.97 Å². The average molecular weight is 226 g/mol. The summed E-state index contributed by atoms with van der Waals surface area (Å²) in [5.41, 5.74) is 0.368. The first kappa shape index (κ1) is 11.5. The second-order valence-corrected chi connectivity index (χ2v) is 3.12. The Balaban J connectivity index is 3.49. The predicted molar refractivity (Wildman–Crippen MR) is 53.4 cm³/mol. The van der Waals surface area contributed by atoms with Crippen molar-refractivity contribution >= 4 is 17.6 Å².